The molecule has 0 spiro atoms. The maximum Gasteiger partial charge on any atom is 0.119 e. The molecule has 0 aliphatic carbocycles. The molecule has 0 bridgehead atoms. The van der Waals surface area contributed by atoms with Crippen molar-refractivity contribution < 1.29 is 4.74 Å². The van der Waals surface area contributed by atoms with Crippen molar-refractivity contribution in [1.29, 1.82) is 0 Å². The molecule has 29 heavy (non-hydrogen) atoms. The molecule has 0 heterocycles. The van der Waals surface area contributed by atoms with Crippen molar-refractivity contribution in [2.45, 2.75) is 122 Å². The Hall–Kier alpha value is -1.24. The average molecular weight is 401 g/mol. The zero-order valence-corrected chi connectivity index (χ0v) is 19.4. The summed E-state index contributed by atoms with van der Waals surface area (Å²) >= 11 is 0. The van der Waals surface area contributed by atoms with Gasteiger partial charge in [0.25, 0.3) is 0 Å². The number of hydrogen-bond donors (Lipinski definition) is 0. The highest BCUT2D eigenvalue weighted by atomic mass is 16.5. The van der Waals surface area contributed by atoms with Crippen molar-refractivity contribution in [2.75, 3.05) is 6.61 Å². The van der Waals surface area contributed by atoms with Crippen LogP contribution in [0.1, 0.15) is 128 Å². The van der Waals surface area contributed by atoms with Crippen molar-refractivity contribution in [3.05, 3.63) is 36.4 Å². The molecule has 0 amide bonds. The summed E-state index contributed by atoms with van der Waals surface area (Å²) in [6.07, 6.45) is 27.3. The third kappa shape index (κ3) is 16.3. The van der Waals surface area contributed by atoms with Crippen molar-refractivity contribution >= 4 is 6.08 Å². The van der Waals surface area contributed by atoms with E-state index in [0.29, 0.717) is 0 Å². The predicted molar refractivity (Wildman–Crippen MR) is 131 cm³/mol. The van der Waals surface area contributed by atoms with E-state index in [1.54, 1.807) is 0 Å². The fourth-order valence-corrected chi connectivity index (χ4v) is 3.89. The normalized spacial score (nSPS) is 10.9. The second-order valence-electron chi connectivity index (χ2n) is 8.63. The lowest BCUT2D eigenvalue weighted by molar-refractivity contribution is 0.304. The molecule has 0 aliphatic rings. The van der Waals surface area contributed by atoms with E-state index in [0.717, 1.165) is 17.9 Å². The Kier molecular flexibility index (Phi) is 17.8. The second kappa shape index (κ2) is 20.0. The van der Waals surface area contributed by atoms with Gasteiger partial charge in [0, 0.05) is 0 Å². The molecular weight excluding hydrogens is 352 g/mol. The van der Waals surface area contributed by atoms with Crippen molar-refractivity contribution in [3.63, 3.8) is 0 Å². The van der Waals surface area contributed by atoms with Gasteiger partial charge in [-0.1, -0.05) is 141 Å². The monoisotopic (exact) mass is 400 g/mol. The van der Waals surface area contributed by atoms with Crippen LogP contribution < -0.4 is 4.74 Å². The average Bonchev–Trinajstić information content (AvgIpc) is 2.75. The fourth-order valence-electron chi connectivity index (χ4n) is 3.89. The van der Waals surface area contributed by atoms with Crippen molar-refractivity contribution in [2.24, 2.45) is 0 Å². The van der Waals surface area contributed by atoms with Gasteiger partial charge in [0.15, 0.2) is 0 Å². The highest BCUT2D eigenvalue weighted by Crippen LogP contribution is 2.15. The van der Waals surface area contributed by atoms with E-state index < -0.39 is 0 Å². The van der Waals surface area contributed by atoms with Crippen LogP contribution in [0.15, 0.2) is 30.8 Å². The van der Waals surface area contributed by atoms with E-state index in [1.165, 1.54) is 116 Å². The van der Waals surface area contributed by atoms with Gasteiger partial charge in [-0.05, 0) is 24.1 Å². The van der Waals surface area contributed by atoms with E-state index in [9.17, 15) is 0 Å². The molecule has 0 saturated carbocycles. The number of ether oxygens (including phenoxy) is 1. The van der Waals surface area contributed by atoms with Crippen LogP contribution in [0, 0.1) is 0 Å². The Morgan fingerprint density at radius 2 is 0.966 bits per heavy atom. The second-order valence-corrected chi connectivity index (χ2v) is 8.63. The molecule has 1 nitrogen and oxygen atoms in total. The van der Waals surface area contributed by atoms with Crippen LogP contribution in [0.3, 0.4) is 0 Å². The molecule has 1 aromatic carbocycles. The topological polar surface area (TPSA) is 9.23 Å². The summed E-state index contributed by atoms with van der Waals surface area (Å²) < 4.78 is 5.80. The lowest BCUT2D eigenvalue weighted by atomic mass is 10.0. The highest BCUT2D eigenvalue weighted by Gasteiger charge is 1.96. The molecule has 0 aromatic heterocycles. The predicted octanol–water partition coefficient (Wildman–Crippen LogP) is 9.75. The number of benzene rings is 1. The van der Waals surface area contributed by atoms with Crippen LogP contribution in [0.25, 0.3) is 6.08 Å². The molecule has 1 aromatic rings. The molecule has 0 N–H and O–H groups in total. The minimum absolute atomic E-state index is 0.839. The molecule has 0 aliphatic heterocycles. The first-order valence-electron chi connectivity index (χ1n) is 12.7. The largest absolute Gasteiger partial charge is 0.494 e. The van der Waals surface area contributed by atoms with Gasteiger partial charge in [-0.15, -0.1) is 0 Å². The summed E-state index contributed by atoms with van der Waals surface area (Å²) in [6.45, 7) is 6.91. The molecule has 0 unspecified atom stereocenters. The first-order valence-corrected chi connectivity index (χ1v) is 12.7. The number of hydrogen-bond acceptors (Lipinski definition) is 1. The first-order chi connectivity index (χ1) is 14.4. The smallest absolute Gasteiger partial charge is 0.119 e. The number of rotatable bonds is 21. The Morgan fingerprint density at radius 1 is 0.586 bits per heavy atom. The molecule has 0 atom stereocenters. The molecular formula is C28H48O. The Bertz CT molecular complexity index is 462. The summed E-state index contributed by atoms with van der Waals surface area (Å²) in [4.78, 5) is 0. The van der Waals surface area contributed by atoms with Crippen LogP contribution in [0.5, 0.6) is 5.75 Å². The van der Waals surface area contributed by atoms with Gasteiger partial charge >= 0.3 is 0 Å². The SMILES string of the molecule is C=Cc1ccc(OCCCCCCCCCCCCCCCCCCCC)cc1. The molecule has 1 rings (SSSR count). The Labute approximate surface area is 182 Å². The standard InChI is InChI=1S/C28H48O/c1-3-5-6-7-8-9-10-11-12-13-14-15-16-17-18-19-20-21-26-29-28-24-22-27(4-2)23-25-28/h4,22-25H,2-3,5-21,26H2,1H3. The lowest BCUT2D eigenvalue weighted by Gasteiger charge is -2.06. The van der Waals surface area contributed by atoms with Crippen LogP contribution in [-0.4, -0.2) is 6.61 Å². The Balaban J connectivity index is 1.73. The third-order valence-electron chi connectivity index (χ3n) is 5.88. The van der Waals surface area contributed by atoms with Crippen LogP contribution in [0.4, 0.5) is 0 Å². The summed E-state index contributed by atoms with van der Waals surface area (Å²) in [7, 11) is 0. The van der Waals surface area contributed by atoms with Crippen molar-refractivity contribution in [1.82, 2.24) is 0 Å². The quantitative estimate of drug-likeness (QED) is 0.187. The molecule has 166 valence electrons. The van der Waals surface area contributed by atoms with Crippen LogP contribution in [-0.2, 0) is 0 Å². The summed E-state index contributed by atoms with van der Waals surface area (Å²) in [6, 6.07) is 8.17. The summed E-state index contributed by atoms with van der Waals surface area (Å²) in [5.74, 6) is 0.975. The molecule has 0 fully saturated rings. The fraction of sp³-hybridized carbons (Fsp3) is 0.714. The Morgan fingerprint density at radius 3 is 1.34 bits per heavy atom. The van der Waals surface area contributed by atoms with Gasteiger partial charge in [-0.3, -0.25) is 0 Å². The minimum atomic E-state index is 0.839. The van der Waals surface area contributed by atoms with E-state index in [-0.39, 0.29) is 0 Å². The first kappa shape index (κ1) is 25.8. The van der Waals surface area contributed by atoms with E-state index in [1.807, 2.05) is 18.2 Å². The molecule has 0 saturated heterocycles. The van der Waals surface area contributed by atoms with Gasteiger partial charge in [0.05, 0.1) is 6.61 Å². The van der Waals surface area contributed by atoms with Crippen LogP contribution >= 0.6 is 0 Å². The van der Waals surface area contributed by atoms with E-state index >= 15 is 0 Å². The molecule has 1 heteroatoms. The van der Waals surface area contributed by atoms with Gasteiger partial charge in [0.1, 0.15) is 5.75 Å². The lowest BCUT2D eigenvalue weighted by Crippen LogP contribution is -1.97. The third-order valence-corrected chi connectivity index (χ3v) is 5.88. The van der Waals surface area contributed by atoms with E-state index in [4.69, 9.17) is 4.74 Å². The summed E-state index contributed by atoms with van der Waals surface area (Å²) in [5.41, 5.74) is 1.14. The van der Waals surface area contributed by atoms with Gasteiger partial charge in [-0.25, -0.2) is 0 Å². The zero-order valence-electron chi connectivity index (χ0n) is 19.4. The van der Waals surface area contributed by atoms with Gasteiger partial charge in [-0.2, -0.15) is 0 Å². The maximum absolute atomic E-state index is 5.80. The summed E-state index contributed by atoms with van der Waals surface area (Å²) in [5, 5.41) is 0. The van der Waals surface area contributed by atoms with Gasteiger partial charge < -0.3 is 4.74 Å². The van der Waals surface area contributed by atoms with E-state index in [2.05, 4.69) is 25.6 Å². The van der Waals surface area contributed by atoms with Gasteiger partial charge in [0.2, 0.25) is 0 Å². The number of unbranched alkanes of at least 4 members (excludes halogenated alkanes) is 17. The molecule has 0 radical (unpaired) electrons. The zero-order chi connectivity index (χ0) is 20.8. The highest BCUT2D eigenvalue weighted by molar-refractivity contribution is 5.48. The van der Waals surface area contributed by atoms with Crippen LogP contribution in [0.2, 0.25) is 0 Å². The minimum Gasteiger partial charge on any atom is -0.494 e. The maximum atomic E-state index is 5.80. The van der Waals surface area contributed by atoms with Crippen molar-refractivity contribution in [3.8, 4) is 5.75 Å².